The van der Waals surface area contributed by atoms with Crippen LogP contribution in [0.5, 0.6) is 0 Å². The zero-order valence-electron chi connectivity index (χ0n) is 10.3. The Morgan fingerprint density at radius 3 is 2.47 bits per heavy atom. The molecule has 0 unspecified atom stereocenters. The van der Waals surface area contributed by atoms with Gasteiger partial charge in [-0.05, 0) is 12.1 Å². The number of nitro benzene ring substituents is 1. The molecule has 0 saturated heterocycles. The van der Waals surface area contributed by atoms with Gasteiger partial charge in [0.1, 0.15) is 0 Å². The minimum atomic E-state index is -0.833. The first-order chi connectivity index (χ1) is 8.99. The maximum atomic E-state index is 10.4. The molecule has 0 saturated carbocycles. The molecule has 0 spiro atoms. The van der Waals surface area contributed by atoms with Gasteiger partial charge in [-0.15, -0.1) is 0 Å². The number of carboxylic acid groups (broad SMARTS) is 1. The van der Waals surface area contributed by atoms with Crippen molar-refractivity contribution in [2.75, 3.05) is 18.4 Å². The maximum Gasteiger partial charge on any atom is 0.300 e. The fourth-order valence-corrected chi connectivity index (χ4v) is 1.28. The number of carbonyl (C=O) groups is 1. The van der Waals surface area contributed by atoms with E-state index in [9.17, 15) is 10.1 Å². The molecule has 1 aromatic carbocycles. The van der Waals surface area contributed by atoms with Gasteiger partial charge in [0.15, 0.2) is 5.96 Å². The average molecular weight is 266 g/mol. The van der Waals surface area contributed by atoms with Crippen molar-refractivity contribution in [3.8, 4) is 0 Å². The highest BCUT2D eigenvalue weighted by atomic mass is 16.6. The number of aliphatic imine (C=N–C) groups is 1. The second kappa shape index (κ2) is 6.94. The first-order valence-corrected chi connectivity index (χ1v) is 5.48. The zero-order valence-corrected chi connectivity index (χ0v) is 10.3. The van der Waals surface area contributed by atoms with Crippen LogP contribution in [0, 0.1) is 10.1 Å². The van der Waals surface area contributed by atoms with Crippen LogP contribution in [0.1, 0.15) is 6.92 Å². The van der Waals surface area contributed by atoms with Gasteiger partial charge in [0.05, 0.1) is 11.5 Å². The van der Waals surface area contributed by atoms with Crippen molar-refractivity contribution < 1.29 is 14.8 Å². The average Bonchev–Trinajstić information content (AvgIpc) is 2.82. The van der Waals surface area contributed by atoms with E-state index in [2.05, 4.69) is 15.6 Å². The molecule has 0 radical (unpaired) electrons. The molecule has 0 fully saturated rings. The number of aliphatic carboxylic acids is 1. The first-order valence-electron chi connectivity index (χ1n) is 5.48. The van der Waals surface area contributed by atoms with Crippen LogP contribution in [0.15, 0.2) is 29.3 Å². The Labute approximate surface area is 109 Å². The van der Waals surface area contributed by atoms with E-state index in [1.54, 1.807) is 12.1 Å². The minimum absolute atomic E-state index is 0.0851. The lowest BCUT2D eigenvalue weighted by Crippen LogP contribution is -2.26. The molecule has 0 aliphatic carbocycles. The van der Waals surface area contributed by atoms with Gasteiger partial charge in [-0.3, -0.25) is 19.9 Å². The summed E-state index contributed by atoms with van der Waals surface area (Å²) in [7, 11) is 0. The van der Waals surface area contributed by atoms with Crippen molar-refractivity contribution in [1.29, 1.82) is 0 Å². The number of guanidine groups is 1. The number of anilines is 1. The Kier molecular flexibility index (Phi) is 5.27. The second-order valence-corrected chi connectivity index (χ2v) is 3.61. The Morgan fingerprint density at radius 2 is 2.05 bits per heavy atom. The number of non-ortho nitro benzene ring substituents is 1. The Balaban J connectivity index is 0.000000399. The molecule has 0 bridgehead atoms. The summed E-state index contributed by atoms with van der Waals surface area (Å²) in [6.07, 6.45) is 0. The quantitative estimate of drug-likeness (QED) is 0.544. The fraction of sp³-hybridized carbons (Fsp3) is 0.273. The summed E-state index contributed by atoms with van der Waals surface area (Å²) in [6, 6.07) is 6.22. The lowest BCUT2D eigenvalue weighted by molar-refractivity contribution is -0.384. The number of hydrogen-bond acceptors (Lipinski definition) is 6. The third-order valence-electron chi connectivity index (χ3n) is 2.02. The van der Waals surface area contributed by atoms with Gasteiger partial charge in [0.25, 0.3) is 11.7 Å². The van der Waals surface area contributed by atoms with E-state index in [0.717, 1.165) is 25.7 Å². The summed E-state index contributed by atoms with van der Waals surface area (Å²) in [4.78, 5) is 23.1. The number of rotatable bonds is 2. The normalized spacial score (nSPS) is 12.6. The predicted molar refractivity (Wildman–Crippen MR) is 70.3 cm³/mol. The van der Waals surface area contributed by atoms with Gasteiger partial charge in [-0.2, -0.15) is 0 Å². The van der Waals surface area contributed by atoms with Crippen LogP contribution < -0.4 is 10.6 Å². The van der Waals surface area contributed by atoms with E-state index in [4.69, 9.17) is 9.90 Å². The lowest BCUT2D eigenvalue weighted by atomic mass is 10.3. The van der Waals surface area contributed by atoms with Gasteiger partial charge in [0, 0.05) is 31.3 Å². The van der Waals surface area contributed by atoms with Crippen LogP contribution in [0.3, 0.4) is 0 Å². The molecule has 1 aromatic rings. The van der Waals surface area contributed by atoms with E-state index in [-0.39, 0.29) is 5.69 Å². The number of carboxylic acids is 1. The van der Waals surface area contributed by atoms with Gasteiger partial charge >= 0.3 is 0 Å². The molecule has 0 amide bonds. The molecule has 19 heavy (non-hydrogen) atoms. The number of nitro groups is 1. The fourth-order valence-electron chi connectivity index (χ4n) is 1.28. The second-order valence-electron chi connectivity index (χ2n) is 3.61. The molecule has 1 aliphatic heterocycles. The van der Waals surface area contributed by atoms with E-state index >= 15 is 0 Å². The summed E-state index contributed by atoms with van der Waals surface area (Å²) in [5.74, 6) is -0.121. The van der Waals surface area contributed by atoms with Crippen molar-refractivity contribution in [3.63, 3.8) is 0 Å². The van der Waals surface area contributed by atoms with E-state index in [1.165, 1.54) is 12.1 Å². The SMILES string of the molecule is CC(=O)O.O=[N+]([O-])c1ccc(NC2=NCCN2)cc1. The monoisotopic (exact) mass is 266 g/mol. The van der Waals surface area contributed by atoms with Crippen LogP contribution >= 0.6 is 0 Å². The van der Waals surface area contributed by atoms with Gasteiger partial charge in [-0.1, -0.05) is 0 Å². The Morgan fingerprint density at radius 1 is 1.47 bits per heavy atom. The molecule has 3 N–H and O–H groups in total. The van der Waals surface area contributed by atoms with E-state index < -0.39 is 10.9 Å². The molecule has 8 nitrogen and oxygen atoms in total. The Hall–Kier alpha value is -2.64. The molecule has 1 aliphatic rings. The third kappa shape index (κ3) is 5.48. The topological polar surface area (TPSA) is 117 Å². The minimum Gasteiger partial charge on any atom is -0.481 e. The predicted octanol–water partition coefficient (Wildman–Crippen LogP) is 1.06. The standard InChI is InChI=1S/C9H10N4O2.C2H4O2/c14-13(15)8-3-1-7(2-4-8)12-9-10-5-6-11-9;1-2(3)4/h1-4H,5-6H2,(H2,10,11,12);1H3,(H,3,4). The molecular formula is C11H14N4O4. The highest BCUT2D eigenvalue weighted by molar-refractivity contribution is 5.94. The van der Waals surface area contributed by atoms with Crippen LogP contribution in [0.2, 0.25) is 0 Å². The van der Waals surface area contributed by atoms with Crippen molar-refractivity contribution in [2.24, 2.45) is 4.99 Å². The van der Waals surface area contributed by atoms with Gasteiger partial charge < -0.3 is 15.7 Å². The van der Waals surface area contributed by atoms with Crippen LogP contribution in [-0.2, 0) is 4.79 Å². The highest BCUT2D eigenvalue weighted by Gasteiger charge is 2.07. The van der Waals surface area contributed by atoms with Crippen LogP contribution in [-0.4, -0.2) is 35.0 Å². The summed E-state index contributed by atoms with van der Waals surface area (Å²) < 4.78 is 0. The Bertz CT molecular complexity index is 480. The van der Waals surface area contributed by atoms with Gasteiger partial charge in [0.2, 0.25) is 0 Å². The molecule has 0 atom stereocenters. The lowest BCUT2D eigenvalue weighted by Gasteiger charge is -2.05. The molecule has 102 valence electrons. The van der Waals surface area contributed by atoms with E-state index in [0.29, 0.717) is 5.96 Å². The summed E-state index contributed by atoms with van der Waals surface area (Å²) in [6.45, 7) is 2.67. The van der Waals surface area contributed by atoms with Crippen molar-refractivity contribution in [1.82, 2.24) is 5.32 Å². The maximum absolute atomic E-state index is 10.4. The van der Waals surface area contributed by atoms with Gasteiger partial charge in [-0.25, -0.2) is 0 Å². The summed E-state index contributed by atoms with van der Waals surface area (Å²) in [5, 5.41) is 23.9. The highest BCUT2D eigenvalue weighted by Crippen LogP contribution is 2.15. The van der Waals surface area contributed by atoms with Crippen LogP contribution in [0.4, 0.5) is 11.4 Å². The smallest absolute Gasteiger partial charge is 0.300 e. The van der Waals surface area contributed by atoms with E-state index in [1.807, 2.05) is 0 Å². The third-order valence-corrected chi connectivity index (χ3v) is 2.02. The molecule has 0 aromatic heterocycles. The molecule has 1 heterocycles. The summed E-state index contributed by atoms with van der Waals surface area (Å²) in [5.41, 5.74) is 0.871. The number of benzene rings is 1. The van der Waals surface area contributed by atoms with Crippen molar-refractivity contribution in [3.05, 3.63) is 34.4 Å². The van der Waals surface area contributed by atoms with Crippen molar-refractivity contribution >= 4 is 23.3 Å². The van der Waals surface area contributed by atoms with Crippen molar-refractivity contribution in [2.45, 2.75) is 6.92 Å². The first kappa shape index (κ1) is 14.4. The summed E-state index contributed by atoms with van der Waals surface area (Å²) >= 11 is 0. The largest absolute Gasteiger partial charge is 0.481 e. The number of nitrogens with one attached hydrogen (secondary N) is 2. The molecule has 8 heteroatoms. The molecule has 2 rings (SSSR count). The van der Waals surface area contributed by atoms with Crippen LogP contribution in [0.25, 0.3) is 0 Å². The zero-order chi connectivity index (χ0) is 14.3. The number of hydrogen-bond donors (Lipinski definition) is 3. The molecular weight excluding hydrogens is 252 g/mol. The number of nitrogens with zero attached hydrogens (tertiary/aromatic N) is 2.